The Hall–Kier alpha value is -1.94. The van der Waals surface area contributed by atoms with Gasteiger partial charge in [0, 0.05) is 12.1 Å². The zero-order chi connectivity index (χ0) is 12.8. The molecule has 1 aromatic carbocycles. The third kappa shape index (κ3) is 4.61. The SMILES string of the molecule is CC(/C=C/C(C)O)=C\c1ccc([N+](=O)[O-])cc1. The molecule has 0 saturated heterocycles. The van der Waals surface area contributed by atoms with Gasteiger partial charge in [-0.15, -0.1) is 0 Å². The van der Waals surface area contributed by atoms with Crippen molar-refractivity contribution in [2.45, 2.75) is 20.0 Å². The molecule has 0 spiro atoms. The third-order valence-electron chi connectivity index (χ3n) is 2.14. The summed E-state index contributed by atoms with van der Waals surface area (Å²) < 4.78 is 0. The minimum Gasteiger partial charge on any atom is -0.389 e. The molecule has 0 aliphatic heterocycles. The molecule has 0 bridgehead atoms. The van der Waals surface area contributed by atoms with Gasteiger partial charge in [0.1, 0.15) is 0 Å². The van der Waals surface area contributed by atoms with Crippen LogP contribution in [-0.4, -0.2) is 16.1 Å². The second-order valence-electron chi connectivity index (χ2n) is 3.84. The average molecular weight is 233 g/mol. The van der Waals surface area contributed by atoms with Gasteiger partial charge in [-0.2, -0.15) is 0 Å². The molecule has 0 saturated carbocycles. The summed E-state index contributed by atoms with van der Waals surface area (Å²) in [5.41, 5.74) is 1.95. The van der Waals surface area contributed by atoms with E-state index in [1.165, 1.54) is 12.1 Å². The van der Waals surface area contributed by atoms with Crippen LogP contribution in [-0.2, 0) is 0 Å². The molecule has 4 nitrogen and oxygen atoms in total. The number of hydrogen-bond acceptors (Lipinski definition) is 3. The summed E-state index contributed by atoms with van der Waals surface area (Å²) >= 11 is 0. The maximum Gasteiger partial charge on any atom is 0.269 e. The normalized spacial score (nSPS) is 13.9. The Morgan fingerprint density at radius 1 is 1.41 bits per heavy atom. The van der Waals surface area contributed by atoms with Gasteiger partial charge in [-0.3, -0.25) is 10.1 Å². The largest absolute Gasteiger partial charge is 0.389 e. The smallest absolute Gasteiger partial charge is 0.269 e. The van der Waals surface area contributed by atoms with E-state index >= 15 is 0 Å². The van der Waals surface area contributed by atoms with Crippen molar-refractivity contribution in [3.8, 4) is 0 Å². The molecule has 90 valence electrons. The maximum absolute atomic E-state index is 10.5. The van der Waals surface area contributed by atoms with E-state index in [-0.39, 0.29) is 5.69 Å². The van der Waals surface area contributed by atoms with Gasteiger partial charge >= 0.3 is 0 Å². The predicted molar refractivity (Wildman–Crippen MR) is 67.6 cm³/mol. The minimum atomic E-state index is -0.477. The van der Waals surface area contributed by atoms with E-state index < -0.39 is 11.0 Å². The van der Waals surface area contributed by atoms with E-state index in [0.717, 1.165) is 11.1 Å². The number of nitrogens with zero attached hydrogens (tertiary/aromatic N) is 1. The monoisotopic (exact) mass is 233 g/mol. The summed E-state index contributed by atoms with van der Waals surface area (Å²) in [6, 6.07) is 6.32. The van der Waals surface area contributed by atoms with Crippen LogP contribution in [0.15, 0.2) is 42.0 Å². The van der Waals surface area contributed by atoms with Crippen LogP contribution in [0.2, 0.25) is 0 Å². The van der Waals surface area contributed by atoms with E-state index in [9.17, 15) is 10.1 Å². The molecular weight excluding hydrogens is 218 g/mol. The molecule has 1 atom stereocenters. The number of benzene rings is 1. The molecule has 4 heteroatoms. The zero-order valence-electron chi connectivity index (χ0n) is 9.83. The third-order valence-corrected chi connectivity index (χ3v) is 2.14. The fourth-order valence-corrected chi connectivity index (χ4v) is 1.29. The Morgan fingerprint density at radius 2 is 2.00 bits per heavy atom. The van der Waals surface area contributed by atoms with Crippen molar-refractivity contribution in [1.82, 2.24) is 0 Å². The van der Waals surface area contributed by atoms with Crippen molar-refractivity contribution in [2.75, 3.05) is 0 Å². The predicted octanol–water partition coefficient (Wildman–Crippen LogP) is 2.94. The van der Waals surface area contributed by atoms with Gasteiger partial charge in [-0.05, 0) is 31.5 Å². The van der Waals surface area contributed by atoms with Gasteiger partial charge in [0.25, 0.3) is 5.69 Å². The highest BCUT2D eigenvalue weighted by atomic mass is 16.6. The molecule has 1 N–H and O–H groups in total. The summed E-state index contributed by atoms with van der Waals surface area (Å²) in [6.45, 7) is 3.58. The first-order valence-electron chi connectivity index (χ1n) is 5.28. The Morgan fingerprint density at radius 3 is 2.47 bits per heavy atom. The quantitative estimate of drug-likeness (QED) is 0.494. The molecule has 0 radical (unpaired) electrons. The number of rotatable bonds is 4. The van der Waals surface area contributed by atoms with Crippen LogP contribution in [0.3, 0.4) is 0 Å². The van der Waals surface area contributed by atoms with E-state index in [4.69, 9.17) is 5.11 Å². The van der Waals surface area contributed by atoms with Gasteiger partial charge in [0.05, 0.1) is 11.0 Å². The molecule has 0 heterocycles. The lowest BCUT2D eigenvalue weighted by atomic mass is 10.1. The Bertz CT molecular complexity index is 444. The van der Waals surface area contributed by atoms with E-state index in [1.807, 2.05) is 19.1 Å². The topological polar surface area (TPSA) is 63.4 Å². The van der Waals surface area contributed by atoms with Crippen molar-refractivity contribution >= 4 is 11.8 Å². The van der Waals surface area contributed by atoms with Gasteiger partial charge < -0.3 is 5.11 Å². The van der Waals surface area contributed by atoms with Crippen LogP contribution < -0.4 is 0 Å². The van der Waals surface area contributed by atoms with Crippen LogP contribution in [0.25, 0.3) is 6.08 Å². The summed E-state index contributed by atoms with van der Waals surface area (Å²) in [6.07, 6.45) is 4.90. The molecule has 1 aromatic rings. The van der Waals surface area contributed by atoms with Crippen LogP contribution in [0.4, 0.5) is 5.69 Å². The van der Waals surface area contributed by atoms with E-state index in [1.54, 1.807) is 25.1 Å². The fraction of sp³-hybridized carbons (Fsp3) is 0.231. The lowest BCUT2D eigenvalue weighted by molar-refractivity contribution is -0.384. The lowest BCUT2D eigenvalue weighted by Crippen LogP contribution is -1.91. The molecule has 1 unspecified atom stereocenters. The van der Waals surface area contributed by atoms with Crippen molar-refractivity contribution in [3.63, 3.8) is 0 Å². The maximum atomic E-state index is 10.5. The highest BCUT2D eigenvalue weighted by Gasteiger charge is 2.02. The first-order chi connectivity index (χ1) is 7.99. The van der Waals surface area contributed by atoms with Crippen LogP contribution in [0, 0.1) is 10.1 Å². The van der Waals surface area contributed by atoms with E-state index in [0.29, 0.717) is 0 Å². The van der Waals surface area contributed by atoms with Gasteiger partial charge in [-0.25, -0.2) is 0 Å². The second-order valence-corrected chi connectivity index (χ2v) is 3.84. The lowest BCUT2D eigenvalue weighted by Gasteiger charge is -1.97. The molecule has 1 rings (SSSR count). The van der Waals surface area contributed by atoms with Crippen molar-refractivity contribution in [2.24, 2.45) is 0 Å². The summed E-state index contributed by atoms with van der Waals surface area (Å²) in [5, 5.41) is 19.5. The number of allylic oxidation sites excluding steroid dienone is 2. The molecule has 0 amide bonds. The second kappa shape index (κ2) is 5.96. The van der Waals surface area contributed by atoms with Crippen LogP contribution in [0.1, 0.15) is 19.4 Å². The Balaban J connectivity index is 2.81. The standard InChI is InChI=1S/C13H15NO3/c1-10(3-4-11(2)15)9-12-5-7-13(8-6-12)14(16)17/h3-9,11,15H,1-2H3/b4-3+,10-9+. The average Bonchev–Trinajstić information content (AvgIpc) is 2.27. The number of hydrogen-bond donors (Lipinski definition) is 1. The highest BCUT2D eigenvalue weighted by molar-refractivity contribution is 5.56. The molecule has 0 aliphatic carbocycles. The van der Waals surface area contributed by atoms with Crippen molar-refractivity contribution < 1.29 is 10.0 Å². The first kappa shape index (κ1) is 13.1. The number of non-ortho nitro benzene ring substituents is 1. The molecule has 0 aromatic heterocycles. The molecular formula is C13H15NO3. The van der Waals surface area contributed by atoms with Crippen molar-refractivity contribution in [1.29, 1.82) is 0 Å². The Kier molecular flexibility index (Phi) is 4.60. The summed E-state index contributed by atoms with van der Waals surface area (Å²) in [7, 11) is 0. The van der Waals surface area contributed by atoms with Gasteiger partial charge in [0.15, 0.2) is 0 Å². The fourth-order valence-electron chi connectivity index (χ4n) is 1.29. The highest BCUT2D eigenvalue weighted by Crippen LogP contribution is 2.14. The number of aliphatic hydroxyl groups is 1. The number of nitro benzene ring substituents is 1. The first-order valence-corrected chi connectivity index (χ1v) is 5.28. The van der Waals surface area contributed by atoms with Gasteiger partial charge in [0.2, 0.25) is 0 Å². The molecule has 0 aliphatic rings. The zero-order valence-corrected chi connectivity index (χ0v) is 9.83. The van der Waals surface area contributed by atoms with Crippen LogP contribution >= 0.6 is 0 Å². The summed E-state index contributed by atoms with van der Waals surface area (Å²) in [4.78, 5) is 10.0. The van der Waals surface area contributed by atoms with Gasteiger partial charge in [-0.1, -0.05) is 23.8 Å². The van der Waals surface area contributed by atoms with Crippen molar-refractivity contribution in [3.05, 3.63) is 57.7 Å². The number of aliphatic hydroxyl groups excluding tert-OH is 1. The van der Waals surface area contributed by atoms with Crippen LogP contribution in [0.5, 0.6) is 0 Å². The Labute approximate surface area is 100 Å². The molecule has 17 heavy (non-hydrogen) atoms. The minimum absolute atomic E-state index is 0.0827. The number of nitro groups is 1. The van der Waals surface area contributed by atoms with E-state index in [2.05, 4.69) is 0 Å². The summed E-state index contributed by atoms with van der Waals surface area (Å²) in [5.74, 6) is 0. The molecule has 0 fully saturated rings.